The first-order valence-electron chi connectivity index (χ1n) is 8.30. The van der Waals surface area contributed by atoms with Gasteiger partial charge in [0.25, 0.3) is 0 Å². The zero-order valence-corrected chi connectivity index (χ0v) is 14.3. The molecule has 2 rings (SSSR count). The highest BCUT2D eigenvalue weighted by Gasteiger charge is 2.21. The predicted octanol–water partition coefficient (Wildman–Crippen LogP) is 2.00. The predicted molar refractivity (Wildman–Crippen MR) is 94.5 cm³/mol. The molecule has 1 amide bonds. The molecule has 2 unspecified atom stereocenters. The number of hydrogen-bond donors (Lipinski definition) is 4. The van der Waals surface area contributed by atoms with Gasteiger partial charge in [0.15, 0.2) is 0 Å². The van der Waals surface area contributed by atoms with Gasteiger partial charge in [0.2, 0.25) is 0 Å². The van der Waals surface area contributed by atoms with E-state index in [0.29, 0.717) is 11.1 Å². The van der Waals surface area contributed by atoms with Gasteiger partial charge in [-0.1, -0.05) is 36.4 Å². The van der Waals surface area contributed by atoms with Crippen LogP contribution in [0.3, 0.4) is 0 Å². The Kier molecular flexibility index (Phi) is 7.53. The minimum absolute atomic E-state index is 0.0426. The number of halogens is 1. The van der Waals surface area contributed by atoms with Crippen molar-refractivity contribution >= 4 is 6.09 Å². The summed E-state index contributed by atoms with van der Waals surface area (Å²) in [5.41, 5.74) is 7.20. The van der Waals surface area contributed by atoms with Gasteiger partial charge in [-0.15, -0.1) is 0 Å². The number of alkyl carbamates (subject to hydrolysis) is 1. The van der Waals surface area contributed by atoms with Crippen molar-refractivity contribution in [1.82, 2.24) is 5.32 Å². The van der Waals surface area contributed by atoms with E-state index in [4.69, 9.17) is 10.5 Å². The van der Waals surface area contributed by atoms with Crippen LogP contribution < -0.4 is 11.1 Å². The van der Waals surface area contributed by atoms with E-state index in [1.165, 1.54) is 18.2 Å². The molecular weight excluding hydrogens is 339 g/mol. The van der Waals surface area contributed by atoms with Crippen molar-refractivity contribution in [2.45, 2.75) is 31.8 Å². The van der Waals surface area contributed by atoms with E-state index < -0.39 is 24.1 Å². The smallest absolute Gasteiger partial charge is 0.407 e. The molecule has 0 fully saturated rings. The Hall–Kier alpha value is -2.48. The van der Waals surface area contributed by atoms with E-state index in [1.54, 1.807) is 0 Å². The van der Waals surface area contributed by atoms with Gasteiger partial charge < -0.3 is 26.0 Å². The van der Waals surface area contributed by atoms with Gasteiger partial charge in [-0.25, -0.2) is 9.18 Å². The summed E-state index contributed by atoms with van der Waals surface area (Å²) >= 11 is 0. The van der Waals surface area contributed by atoms with Crippen molar-refractivity contribution in [2.24, 2.45) is 5.73 Å². The zero-order valence-electron chi connectivity index (χ0n) is 14.3. The van der Waals surface area contributed by atoms with E-state index in [-0.39, 0.29) is 26.1 Å². The maximum absolute atomic E-state index is 13.2. The zero-order chi connectivity index (χ0) is 18.9. The third-order valence-electron chi connectivity index (χ3n) is 3.93. The number of carbonyl (C=O) groups is 1. The number of aliphatic hydroxyl groups is 2. The lowest BCUT2D eigenvalue weighted by Crippen LogP contribution is -2.30. The summed E-state index contributed by atoms with van der Waals surface area (Å²) in [4.78, 5) is 11.6. The second-order valence-corrected chi connectivity index (χ2v) is 5.84. The lowest BCUT2D eigenvalue weighted by molar-refractivity contribution is 0.0131. The maximum Gasteiger partial charge on any atom is 0.407 e. The number of nitrogens with one attached hydrogen (secondary N) is 1. The molecule has 26 heavy (non-hydrogen) atoms. The Bertz CT molecular complexity index is 712. The molecular formula is C19H23FN2O4. The monoisotopic (exact) mass is 362 g/mol. The van der Waals surface area contributed by atoms with Gasteiger partial charge >= 0.3 is 6.09 Å². The highest BCUT2D eigenvalue weighted by Crippen LogP contribution is 2.23. The molecule has 0 aliphatic carbocycles. The van der Waals surface area contributed by atoms with Gasteiger partial charge in [-0.2, -0.15) is 0 Å². The highest BCUT2D eigenvalue weighted by molar-refractivity contribution is 5.67. The number of benzene rings is 2. The Labute approximate surface area is 151 Å². The molecule has 5 N–H and O–H groups in total. The van der Waals surface area contributed by atoms with E-state index in [9.17, 15) is 19.4 Å². The molecule has 2 atom stereocenters. The number of rotatable bonds is 8. The average Bonchev–Trinajstić information content (AvgIpc) is 2.66. The van der Waals surface area contributed by atoms with Crippen molar-refractivity contribution in [3.05, 3.63) is 71.0 Å². The summed E-state index contributed by atoms with van der Waals surface area (Å²) in [6.45, 7) is 0.305. The number of aliphatic hydroxyl groups excluding tert-OH is 2. The normalized spacial score (nSPS) is 13.1. The van der Waals surface area contributed by atoms with Crippen LogP contribution >= 0.6 is 0 Å². The van der Waals surface area contributed by atoms with Crippen LogP contribution in [0.4, 0.5) is 9.18 Å². The minimum Gasteiger partial charge on any atom is -0.445 e. The molecule has 2 aromatic carbocycles. The van der Waals surface area contributed by atoms with E-state index in [0.717, 1.165) is 5.56 Å². The fourth-order valence-corrected chi connectivity index (χ4v) is 2.50. The summed E-state index contributed by atoms with van der Waals surface area (Å²) in [7, 11) is 0. The Morgan fingerprint density at radius 2 is 1.92 bits per heavy atom. The van der Waals surface area contributed by atoms with E-state index in [2.05, 4.69) is 5.32 Å². The van der Waals surface area contributed by atoms with Crippen molar-refractivity contribution in [1.29, 1.82) is 0 Å². The van der Waals surface area contributed by atoms with E-state index in [1.807, 2.05) is 30.3 Å². The third-order valence-corrected chi connectivity index (χ3v) is 3.93. The second-order valence-electron chi connectivity index (χ2n) is 5.84. The molecule has 7 heteroatoms. The third kappa shape index (κ3) is 5.80. The summed E-state index contributed by atoms with van der Waals surface area (Å²) < 4.78 is 18.3. The fraction of sp³-hybridized carbons (Fsp3) is 0.316. The van der Waals surface area contributed by atoms with Gasteiger partial charge in [-0.3, -0.25) is 0 Å². The Morgan fingerprint density at radius 3 is 2.62 bits per heavy atom. The number of amides is 1. The van der Waals surface area contributed by atoms with E-state index >= 15 is 0 Å². The largest absolute Gasteiger partial charge is 0.445 e. The molecule has 6 nitrogen and oxygen atoms in total. The van der Waals surface area contributed by atoms with Crippen molar-refractivity contribution in [2.75, 3.05) is 6.54 Å². The molecule has 0 saturated carbocycles. The molecule has 2 aromatic rings. The number of hydrogen-bond acceptors (Lipinski definition) is 5. The fourth-order valence-electron chi connectivity index (χ4n) is 2.50. The van der Waals surface area contributed by atoms with Gasteiger partial charge in [0.1, 0.15) is 18.5 Å². The molecule has 0 aliphatic rings. The van der Waals surface area contributed by atoms with Crippen LogP contribution in [-0.4, -0.2) is 29.0 Å². The molecule has 0 aromatic heterocycles. The van der Waals surface area contributed by atoms with Crippen molar-refractivity contribution in [3.8, 4) is 0 Å². The maximum atomic E-state index is 13.2. The molecule has 0 heterocycles. The van der Waals surface area contributed by atoms with Gasteiger partial charge in [0, 0.05) is 13.1 Å². The van der Waals surface area contributed by atoms with Crippen LogP contribution in [0, 0.1) is 5.82 Å². The second kappa shape index (κ2) is 9.86. The van der Waals surface area contributed by atoms with Gasteiger partial charge in [0.05, 0.1) is 6.10 Å². The Morgan fingerprint density at radius 1 is 1.19 bits per heavy atom. The Balaban J connectivity index is 1.77. The summed E-state index contributed by atoms with van der Waals surface area (Å²) in [6.07, 6.45) is -2.88. The quantitative estimate of drug-likeness (QED) is 0.575. The summed E-state index contributed by atoms with van der Waals surface area (Å²) in [5.74, 6) is -0.460. The van der Waals surface area contributed by atoms with Crippen LogP contribution in [0.25, 0.3) is 0 Å². The van der Waals surface area contributed by atoms with Crippen molar-refractivity contribution in [3.63, 3.8) is 0 Å². The first-order valence-corrected chi connectivity index (χ1v) is 8.30. The number of carbonyl (C=O) groups excluding carboxylic acids is 1. The first kappa shape index (κ1) is 19.8. The molecule has 140 valence electrons. The lowest BCUT2D eigenvalue weighted by atomic mass is 9.97. The summed E-state index contributed by atoms with van der Waals surface area (Å²) in [6, 6.07) is 13.1. The van der Waals surface area contributed by atoms with Gasteiger partial charge in [-0.05, 0) is 35.2 Å². The minimum atomic E-state index is -1.23. The standard InChI is InChI=1S/C19H23FN2O4/c20-15-6-7-16(14(10-15)11-21)18(24)17(23)8-9-22-19(25)26-12-13-4-2-1-3-5-13/h1-7,10,17-18,23-24H,8-9,11-12,21H2,(H,22,25). The molecule has 0 aliphatic heterocycles. The lowest BCUT2D eigenvalue weighted by Gasteiger charge is -2.20. The molecule has 0 saturated heterocycles. The highest BCUT2D eigenvalue weighted by atomic mass is 19.1. The first-order chi connectivity index (χ1) is 12.5. The molecule has 0 bridgehead atoms. The van der Waals surface area contributed by atoms with Crippen LogP contribution in [0.1, 0.15) is 29.2 Å². The van der Waals surface area contributed by atoms with Crippen LogP contribution in [-0.2, 0) is 17.9 Å². The van der Waals surface area contributed by atoms with Crippen LogP contribution in [0.15, 0.2) is 48.5 Å². The topological polar surface area (TPSA) is 105 Å². The number of nitrogens with two attached hydrogens (primary N) is 1. The average molecular weight is 362 g/mol. The SMILES string of the molecule is NCc1cc(F)ccc1C(O)C(O)CCNC(=O)OCc1ccccc1. The molecule has 0 spiro atoms. The molecule has 0 radical (unpaired) electrons. The number of ether oxygens (including phenoxy) is 1. The van der Waals surface area contributed by atoms with Crippen LogP contribution in [0.5, 0.6) is 0 Å². The summed E-state index contributed by atoms with van der Waals surface area (Å²) in [5, 5.41) is 22.9. The van der Waals surface area contributed by atoms with Crippen molar-refractivity contribution < 1.29 is 24.1 Å². The van der Waals surface area contributed by atoms with Crippen LogP contribution in [0.2, 0.25) is 0 Å².